The molecule has 0 bridgehead atoms. The number of pyridine rings is 1. The summed E-state index contributed by atoms with van der Waals surface area (Å²) in [6, 6.07) is 10.1. The third-order valence-electron chi connectivity index (χ3n) is 2.64. The summed E-state index contributed by atoms with van der Waals surface area (Å²) >= 11 is 0. The normalized spacial score (nSPS) is 10.7. The van der Waals surface area contributed by atoms with E-state index in [9.17, 15) is 12.9 Å². The van der Waals surface area contributed by atoms with E-state index in [2.05, 4.69) is 4.98 Å². The van der Waals surface area contributed by atoms with E-state index >= 15 is 0 Å². The summed E-state index contributed by atoms with van der Waals surface area (Å²) in [6.07, 6.45) is 0. The molecule has 0 atom stereocenters. The van der Waals surface area contributed by atoms with Gasteiger partial charge in [-0.15, -0.1) is 0 Å². The number of para-hydroxylation sites is 1. The first-order chi connectivity index (χ1) is 9.50. The fraction of sp³-hybridized carbons (Fsp3) is 0.154. The molecule has 2 rings (SSSR count). The molecule has 0 radical (unpaired) electrons. The van der Waals surface area contributed by atoms with Crippen molar-refractivity contribution in [2.24, 2.45) is 0 Å². The van der Waals surface area contributed by atoms with Crippen LogP contribution in [0, 0.1) is 0 Å². The van der Waals surface area contributed by atoms with Crippen molar-refractivity contribution in [3.63, 3.8) is 0 Å². The summed E-state index contributed by atoms with van der Waals surface area (Å²) in [4.78, 5) is 4.07. The number of hydrogen-bond acceptors (Lipinski definition) is 3. The molecule has 1 heterocycles. The zero-order valence-corrected chi connectivity index (χ0v) is 14.8. The number of halogens is 3. The van der Waals surface area contributed by atoms with Gasteiger partial charge in [0.25, 0.3) is 0 Å². The van der Waals surface area contributed by atoms with Crippen molar-refractivity contribution in [3.8, 4) is 11.6 Å². The molecule has 0 unspecified atom stereocenters. The number of aromatic nitrogens is 1. The molecule has 21 heavy (non-hydrogen) atoms. The fourth-order valence-electron chi connectivity index (χ4n) is 1.69. The van der Waals surface area contributed by atoms with Crippen LogP contribution in [0.25, 0.3) is 0 Å². The Hall–Kier alpha value is -0.539. The van der Waals surface area contributed by atoms with E-state index in [0.717, 1.165) is 6.07 Å². The number of nitrogens with zero attached hydrogens (tertiary/aromatic N) is 1. The van der Waals surface area contributed by atoms with Gasteiger partial charge in [-0.25, -0.2) is 4.98 Å². The van der Waals surface area contributed by atoms with Crippen LogP contribution < -0.4 is 66.3 Å². The molecule has 2 aromatic rings. The molecule has 1 aromatic carbocycles. The van der Waals surface area contributed by atoms with Gasteiger partial charge in [0.05, 0.1) is 18.6 Å². The molecule has 106 valence electrons. The van der Waals surface area contributed by atoms with Crippen LogP contribution >= 0.6 is 0 Å². The Morgan fingerprint density at radius 3 is 2.43 bits per heavy atom. The van der Waals surface area contributed by atoms with E-state index in [1.807, 2.05) is 0 Å². The molecule has 0 saturated heterocycles. The Balaban J connectivity index is 0.00000220. The van der Waals surface area contributed by atoms with Crippen LogP contribution in [-0.4, -0.2) is 19.1 Å². The van der Waals surface area contributed by atoms with Crippen molar-refractivity contribution in [1.29, 1.82) is 0 Å². The van der Waals surface area contributed by atoms with E-state index in [1.54, 1.807) is 18.2 Å². The van der Waals surface area contributed by atoms with Crippen molar-refractivity contribution in [2.45, 2.75) is 6.61 Å². The molecule has 1 aromatic heterocycles. The summed E-state index contributed by atoms with van der Waals surface area (Å²) < 4.78 is 48.7. The van der Waals surface area contributed by atoms with E-state index in [0.29, 0.717) is 11.6 Å². The van der Waals surface area contributed by atoms with Crippen molar-refractivity contribution in [2.75, 3.05) is 7.11 Å². The van der Waals surface area contributed by atoms with Crippen molar-refractivity contribution in [1.82, 2.24) is 4.98 Å². The van der Waals surface area contributed by atoms with Gasteiger partial charge in [0.2, 0.25) is 5.88 Å². The summed E-state index contributed by atoms with van der Waals surface area (Å²) in [7, 11) is 1.47. The molecule has 0 saturated carbocycles. The summed E-state index contributed by atoms with van der Waals surface area (Å²) in [6.45, 7) is -5.16. The third-order valence-corrected chi connectivity index (χ3v) is 2.64. The van der Waals surface area contributed by atoms with Gasteiger partial charge in [0.15, 0.2) is 0 Å². The largest absolute Gasteiger partial charge is 1.00 e. The monoisotopic (exact) mass is 321 g/mol. The average molecular weight is 321 g/mol. The topological polar surface area (TPSA) is 31.4 Å². The van der Waals surface area contributed by atoms with Crippen molar-refractivity contribution in [3.05, 3.63) is 48.2 Å². The van der Waals surface area contributed by atoms with Crippen LogP contribution in [-0.2, 0) is 6.61 Å². The van der Waals surface area contributed by atoms with Gasteiger partial charge in [-0.2, -0.15) is 0 Å². The number of methoxy groups -OCH3 is 1. The maximum atomic E-state index is 12.8. The summed E-state index contributed by atoms with van der Waals surface area (Å²) in [5.41, 5.74) is -0.246. The Morgan fingerprint density at radius 1 is 1.05 bits per heavy atom. The maximum Gasteiger partial charge on any atom is 1.00 e. The molecule has 8 heteroatoms. The zero-order chi connectivity index (χ0) is 14.6. The van der Waals surface area contributed by atoms with Gasteiger partial charge in [-0.1, -0.05) is 29.7 Å². The van der Waals surface area contributed by atoms with Crippen LogP contribution in [0.2, 0.25) is 0 Å². The van der Waals surface area contributed by atoms with E-state index in [-0.39, 0.29) is 63.7 Å². The van der Waals surface area contributed by atoms with E-state index in [1.165, 1.54) is 25.3 Å². The van der Waals surface area contributed by atoms with Crippen LogP contribution in [0.4, 0.5) is 12.9 Å². The molecule has 0 N–H and O–H groups in total. The minimum absolute atomic E-state index is 0. The standard InChI is InChI=1S/C13H12BF3NO2.K/c1-19-13-8-4-5-10(18-13)9-20-12-7-3-2-6-11(12)14(15,16)17;/h2-8H,9H2,1H3;/q-1;+1. The second-order valence-corrected chi connectivity index (χ2v) is 4.07. The Morgan fingerprint density at radius 2 is 1.76 bits per heavy atom. The van der Waals surface area contributed by atoms with Crippen LogP contribution in [0.3, 0.4) is 0 Å². The molecule has 0 aliphatic carbocycles. The number of ether oxygens (including phenoxy) is 2. The van der Waals surface area contributed by atoms with Crippen LogP contribution in [0.15, 0.2) is 42.5 Å². The first kappa shape index (κ1) is 18.5. The van der Waals surface area contributed by atoms with Crippen LogP contribution in [0.1, 0.15) is 5.69 Å². The molecule has 0 aliphatic heterocycles. The molecular weight excluding hydrogens is 309 g/mol. The molecule has 0 fully saturated rings. The maximum absolute atomic E-state index is 12.8. The average Bonchev–Trinajstić information content (AvgIpc) is 2.44. The quantitative estimate of drug-likeness (QED) is 0.711. The minimum atomic E-state index is -5.10. The van der Waals surface area contributed by atoms with Gasteiger partial charge >= 0.3 is 58.4 Å². The van der Waals surface area contributed by atoms with Gasteiger partial charge in [0, 0.05) is 6.07 Å². The number of benzene rings is 1. The smallest absolute Gasteiger partial charge is 0.490 e. The summed E-state index contributed by atoms with van der Waals surface area (Å²) in [5.74, 6) is 0.198. The van der Waals surface area contributed by atoms with Crippen LogP contribution in [0.5, 0.6) is 11.6 Å². The van der Waals surface area contributed by atoms with Gasteiger partial charge in [0.1, 0.15) is 6.61 Å². The predicted octanol–water partition coefficient (Wildman–Crippen LogP) is -0.272. The van der Waals surface area contributed by atoms with Gasteiger partial charge < -0.3 is 22.4 Å². The Labute approximate surface area is 163 Å². The van der Waals surface area contributed by atoms with Crippen molar-refractivity contribution >= 4 is 12.4 Å². The second-order valence-electron chi connectivity index (χ2n) is 4.07. The molecular formula is C13H12BF3KNO2. The SMILES string of the molecule is COc1cccc(COc2ccccc2[B-](F)(F)F)n1.[K+]. The first-order valence-corrected chi connectivity index (χ1v) is 5.92. The number of rotatable bonds is 5. The summed E-state index contributed by atoms with van der Waals surface area (Å²) in [5, 5.41) is 0. The predicted molar refractivity (Wildman–Crippen MR) is 70.3 cm³/mol. The molecule has 0 spiro atoms. The van der Waals surface area contributed by atoms with E-state index in [4.69, 9.17) is 9.47 Å². The molecule has 0 aliphatic rings. The number of hydrogen-bond donors (Lipinski definition) is 0. The van der Waals surface area contributed by atoms with Gasteiger partial charge in [-0.05, 0) is 12.1 Å². The first-order valence-electron chi connectivity index (χ1n) is 5.92. The molecule has 0 amide bonds. The Kier molecular flexibility index (Phi) is 7.22. The van der Waals surface area contributed by atoms with Crippen molar-refractivity contribution < 1.29 is 73.8 Å². The van der Waals surface area contributed by atoms with E-state index < -0.39 is 12.4 Å². The minimum Gasteiger partial charge on any atom is -0.490 e. The Bertz CT molecular complexity index is 596. The fourth-order valence-corrected chi connectivity index (χ4v) is 1.69. The molecule has 3 nitrogen and oxygen atoms in total. The third kappa shape index (κ3) is 5.30. The van der Waals surface area contributed by atoms with Gasteiger partial charge in [-0.3, -0.25) is 0 Å². The zero-order valence-electron chi connectivity index (χ0n) is 11.7. The second kappa shape index (κ2) is 8.19.